The minimum atomic E-state index is -0.346. The summed E-state index contributed by atoms with van der Waals surface area (Å²) >= 11 is 0. The van der Waals surface area contributed by atoms with E-state index >= 15 is 0 Å². The van der Waals surface area contributed by atoms with Gasteiger partial charge in [-0.3, -0.25) is 4.79 Å². The Bertz CT molecular complexity index is 821. The van der Waals surface area contributed by atoms with Crippen LogP contribution in [0.5, 0.6) is 0 Å². The zero-order valence-electron chi connectivity index (χ0n) is 16.4. The molecule has 144 valence electrons. The highest BCUT2D eigenvalue weighted by molar-refractivity contribution is 5.82. The largest absolute Gasteiger partial charge is 0.447 e. The van der Waals surface area contributed by atoms with Crippen LogP contribution in [0.4, 0.5) is 4.79 Å². The smallest absolute Gasteiger partial charge is 0.407 e. The van der Waals surface area contributed by atoms with Gasteiger partial charge < -0.3 is 15.0 Å². The lowest BCUT2D eigenvalue weighted by Gasteiger charge is -2.43. The van der Waals surface area contributed by atoms with E-state index in [4.69, 9.17) is 4.74 Å². The maximum Gasteiger partial charge on any atom is 0.407 e. The fourth-order valence-electron chi connectivity index (χ4n) is 5.42. The second-order valence-corrected chi connectivity index (χ2v) is 10.2. The zero-order valence-corrected chi connectivity index (χ0v) is 16.4. The molecular formula is C22H28N2O3. The van der Waals surface area contributed by atoms with Crippen molar-refractivity contribution in [2.24, 2.45) is 11.8 Å². The highest BCUT2D eigenvalue weighted by atomic mass is 16.6. The molecule has 1 spiro atoms. The Balaban J connectivity index is 1.27. The molecule has 4 fully saturated rings. The predicted molar refractivity (Wildman–Crippen MR) is 101 cm³/mol. The molecule has 2 aliphatic heterocycles. The highest BCUT2D eigenvalue weighted by Gasteiger charge is 2.63. The van der Waals surface area contributed by atoms with Gasteiger partial charge in [0.1, 0.15) is 6.61 Å². The zero-order chi connectivity index (χ0) is 19.0. The number of fused-ring (bicyclic) bond motifs is 1. The molecule has 2 saturated carbocycles. The van der Waals surface area contributed by atoms with Gasteiger partial charge in [-0.1, -0.05) is 45.0 Å². The van der Waals surface area contributed by atoms with Gasteiger partial charge in [0.15, 0.2) is 0 Å². The standard InChI is InChI=1S/C22H28N2O3/c1-20(2,3)15-5-4-6-16(7-15)22-10-17(22)11-24(12-22)18(25)14-8-21(9-14)13-27-19(26)23-21/h4-7,14,17H,8-13H2,1-3H3,(H,23,26). The summed E-state index contributed by atoms with van der Waals surface area (Å²) in [7, 11) is 0. The lowest BCUT2D eigenvalue weighted by molar-refractivity contribution is -0.140. The Morgan fingerprint density at radius 3 is 2.70 bits per heavy atom. The summed E-state index contributed by atoms with van der Waals surface area (Å²) in [6.45, 7) is 8.87. The molecule has 1 aromatic carbocycles. The maximum atomic E-state index is 13.0. The molecule has 2 atom stereocenters. The number of rotatable bonds is 2. The first kappa shape index (κ1) is 17.1. The lowest BCUT2D eigenvalue weighted by Crippen LogP contribution is -2.58. The average Bonchev–Trinajstić information content (AvgIpc) is 2.96. The molecule has 5 nitrogen and oxygen atoms in total. The first-order chi connectivity index (χ1) is 12.7. The summed E-state index contributed by atoms with van der Waals surface area (Å²) < 4.78 is 5.03. The Labute approximate surface area is 160 Å². The van der Waals surface area contributed by atoms with Gasteiger partial charge in [0.25, 0.3) is 0 Å². The van der Waals surface area contributed by atoms with E-state index in [1.165, 1.54) is 17.5 Å². The van der Waals surface area contributed by atoms with Crippen LogP contribution in [-0.4, -0.2) is 42.1 Å². The molecule has 0 radical (unpaired) electrons. The van der Waals surface area contributed by atoms with Crippen LogP contribution in [0.2, 0.25) is 0 Å². The normalized spacial score (nSPS) is 36.9. The molecule has 2 amide bonds. The molecule has 0 bridgehead atoms. The number of hydrogen-bond donors (Lipinski definition) is 1. The molecule has 1 N–H and O–H groups in total. The van der Waals surface area contributed by atoms with E-state index in [-0.39, 0.29) is 34.3 Å². The highest BCUT2D eigenvalue weighted by Crippen LogP contribution is 2.59. The molecule has 0 aromatic heterocycles. The van der Waals surface area contributed by atoms with Gasteiger partial charge >= 0.3 is 6.09 Å². The van der Waals surface area contributed by atoms with Crippen molar-refractivity contribution in [2.75, 3.05) is 19.7 Å². The Kier molecular flexibility index (Phi) is 3.33. The first-order valence-electron chi connectivity index (χ1n) is 10.1. The van der Waals surface area contributed by atoms with E-state index in [9.17, 15) is 9.59 Å². The van der Waals surface area contributed by atoms with Crippen molar-refractivity contribution in [3.8, 4) is 0 Å². The topological polar surface area (TPSA) is 58.6 Å². The molecule has 5 heteroatoms. The number of carbonyl (C=O) groups excluding carboxylic acids is 2. The van der Waals surface area contributed by atoms with Crippen molar-refractivity contribution in [1.29, 1.82) is 0 Å². The molecule has 5 rings (SSSR count). The van der Waals surface area contributed by atoms with Gasteiger partial charge in [-0.2, -0.15) is 0 Å². The molecule has 2 aliphatic carbocycles. The summed E-state index contributed by atoms with van der Waals surface area (Å²) in [5.74, 6) is 0.892. The van der Waals surface area contributed by atoms with Gasteiger partial charge in [-0.05, 0) is 41.7 Å². The summed E-state index contributed by atoms with van der Waals surface area (Å²) in [6.07, 6.45) is 2.28. The van der Waals surface area contributed by atoms with Gasteiger partial charge in [0.2, 0.25) is 5.91 Å². The van der Waals surface area contributed by atoms with Crippen LogP contribution in [0, 0.1) is 11.8 Å². The third kappa shape index (κ3) is 2.58. The van der Waals surface area contributed by atoms with Crippen molar-refractivity contribution in [2.45, 2.75) is 56.4 Å². The van der Waals surface area contributed by atoms with E-state index in [2.05, 4.69) is 55.3 Å². The Morgan fingerprint density at radius 2 is 2.04 bits per heavy atom. The van der Waals surface area contributed by atoms with E-state index in [1.54, 1.807) is 0 Å². The van der Waals surface area contributed by atoms with Crippen molar-refractivity contribution >= 4 is 12.0 Å². The second-order valence-electron chi connectivity index (χ2n) is 10.2. The number of likely N-dealkylation sites (tertiary alicyclic amines) is 1. The summed E-state index contributed by atoms with van der Waals surface area (Å²) in [5, 5.41) is 2.88. The summed E-state index contributed by atoms with van der Waals surface area (Å²) in [5.41, 5.74) is 2.79. The molecule has 2 heterocycles. The number of piperidine rings is 1. The summed E-state index contributed by atoms with van der Waals surface area (Å²) in [6, 6.07) is 8.98. The monoisotopic (exact) mass is 368 g/mol. The Morgan fingerprint density at radius 1 is 1.26 bits per heavy atom. The molecule has 2 unspecified atom stereocenters. The number of alkyl carbamates (subject to hydrolysis) is 1. The minimum absolute atomic E-state index is 0.0301. The fraction of sp³-hybridized carbons (Fsp3) is 0.636. The van der Waals surface area contributed by atoms with Gasteiger partial charge in [0, 0.05) is 24.4 Å². The van der Waals surface area contributed by atoms with Crippen LogP contribution in [0.3, 0.4) is 0 Å². The number of amides is 2. The van der Waals surface area contributed by atoms with Crippen LogP contribution in [0.25, 0.3) is 0 Å². The van der Waals surface area contributed by atoms with Gasteiger partial charge in [-0.25, -0.2) is 4.79 Å². The third-order valence-corrected chi connectivity index (χ3v) is 7.23. The number of ether oxygens (including phenoxy) is 1. The van der Waals surface area contributed by atoms with E-state index in [1.807, 2.05) is 0 Å². The van der Waals surface area contributed by atoms with Crippen LogP contribution in [0.15, 0.2) is 24.3 Å². The minimum Gasteiger partial charge on any atom is -0.447 e. The van der Waals surface area contributed by atoms with Crippen molar-refractivity contribution < 1.29 is 14.3 Å². The summed E-state index contributed by atoms with van der Waals surface area (Å²) in [4.78, 5) is 26.4. The van der Waals surface area contributed by atoms with Crippen LogP contribution < -0.4 is 5.32 Å². The average molecular weight is 368 g/mol. The van der Waals surface area contributed by atoms with Gasteiger partial charge in [-0.15, -0.1) is 0 Å². The SMILES string of the molecule is CC(C)(C)c1cccc(C23CC2CN(C(=O)C2CC4(COC(=O)N4)C2)C3)c1. The lowest BCUT2D eigenvalue weighted by atomic mass is 9.68. The van der Waals surface area contributed by atoms with Crippen molar-refractivity contribution in [3.63, 3.8) is 0 Å². The third-order valence-electron chi connectivity index (χ3n) is 7.23. The fourth-order valence-corrected chi connectivity index (χ4v) is 5.42. The molecular weight excluding hydrogens is 340 g/mol. The van der Waals surface area contributed by atoms with E-state index in [0.717, 1.165) is 13.1 Å². The molecule has 1 aromatic rings. The number of nitrogens with one attached hydrogen (secondary N) is 1. The number of cyclic esters (lactones) is 1. The second kappa shape index (κ2) is 5.27. The quantitative estimate of drug-likeness (QED) is 0.873. The maximum absolute atomic E-state index is 13.0. The number of hydrogen-bond acceptors (Lipinski definition) is 3. The molecule has 2 saturated heterocycles. The number of nitrogens with zero attached hydrogens (tertiary/aromatic N) is 1. The van der Waals surface area contributed by atoms with E-state index < -0.39 is 0 Å². The number of benzene rings is 1. The van der Waals surface area contributed by atoms with E-state index in [0.29, 0.717) is 25.4 Å². The van der Waals surface area contributed by atoms with Crippen LogP contribution in [-0.2, 0) is 20.4 Å². The van der Waals surface area contributed by atoms with Crippen LogP contribution in [0.1, 0.15) is 51.2 Å². The number of carbonyl (C=O) groups is 2. The van der Waals surface area contributed by atoms with Crippen molar-refractivity contribution in [3.05, 3.63) is 35.4 Å². The molecule has 27 heavy (non-hydrogen) atoms. The predicted octanol–water partition coefficient (Wildman–Crippen LogP) is 2.97. The van der Waals surface area contributed by atoms with Gasteiger partial charge in [0.05, 0.1) is 5.54 Å². The Hall–Kier alpha value is -2.04. The molecule has 4 aliphatic rings. The van der Waals surface area contributed by atoms with Crippen LogP contribution >= 0.6 is 0 Å². The first-order valence-corrected chi connectivity index (χ1v) is 10.1. The van der Waals surface area contributed by atoms with Crippen molar-refractivity contribution in [1.82, 2.24) is 10.2 Å².